The molecular formula is C20H31NO6. The van der Waals surface area contributed by atoms with Crippen LogP contribution in [-0.4, -0.2) is 53.2 Å². The highest BCUT2D eigenvalue weighted by atomic mass is 16.8. The van der Waals surface area contributed by atoms with E-state index in [1.807, 2.05) is 6.08 Å². The first-order chi connectivity index (χ1) is 12.7. The van der Waals surface area contributed by atoms with Gasteiger partial charge in [-0.3, -0.25) is 9.59 Å². The molecule has 4 atom stereocenters. The van der Waals surface area contributed by atoms with E-state index in [2.05, 4.69) is 18.5 Å². The van der Waals surface area contributed by atoms with Gasteiger partial charge in [-0.15, -0.1) is 13.2 Å². The second-order valence-electron chi connectivity index (χ2n) is 7.64. The van der Waals surface area contributed by atoms with Crippen molar-refractivity contribution in [2.75, 3.05) is 6.54 Å². The lowest BCUT2D eigenvalue weighted by atomic mass is 9.79. The van der Waals surface area contributed by atoms with E-state index >= 15 is 0 Å². The van der Waals surface area contributed by atoms with Crippen LogP contribution in [-0.2, 0) is 23.8 Å². The van der Waals surface area contributed by atoms with Gasteiger partial charge in [0.2, 0.25) is 0 Å². The number of unbranched alkanes of at least 4 members (excludes halogenated alkanes) is 2. The zero-order chi connectivity index (χ0) is 20.1. The molecule has 0 aromatic carbocycles. The van der Waals surface area contributed by atoms with Crippen molar-refractivity contribution in [1.29, 1.82) is 0 Å². The van der Waals surface area contributed by atoms with Gasteiger partial charge in [0.15, 0.2) is 5.79 Å². The van der Waals surface area contributed by atoms with Crippen LogP contribution in [0.3, 0.4) is 0 Å². The van der Waals surface area contributed by atoms with Gasteiger partial charge in [0.1, 0.15) is 17.8 Å². The van der Waals surface area contributed by atoms with Crippen LogP contribution in [0.25, 0.3) is 0 Å². The molecule has 1 saturated heterocycles. The molecule has 0 radical (unpaired) electrons. The van der Waals surface area contributed by atoms with Crippen LogP contribution in [0.2, 0.25) is 0 Å². The van der Waals surface area contributed by atoms with E-state index < -0.39 is 35.6 Å². The predicted molar refractivity (Wildman–Crippen MR) is 99.8 cm³/mol. The quantitative estimate of drug-likeness (QED) is 0.360. The molecule has 2 N–H and O–H groups in total. The third kappa shape index (κ3) is 5.64. The van der Waals surface area contributed by atoms with E-state index in [0.29, 0.717) is 6.42 Å². The largest absolute Gasteiger partial charge is 0.459 e. The predicted octanol–water partition coefficient (Wildman–Crippen LogP) is 1.99. The summed E-state index contributed by atoms with van der Waals surface area (Å²) in [6.07, 6.45) is 4.26. The monoisotopic (exact) mass is 381 g/mol. The van der Waals surface area contributed by atoms with E-state index in [4.69, 9.17) is 14.2 Å². The van der Waals surface area contributed by atoms with E-state index in [-0.39, 0.29) is 31.8 Å². The fourth-order valence-corrected chi connectivity index (χ4v) is 3.61. The summed E-state index contributed by atoms with van der Waals surface area (Å²) in [6.45, 7) is 11.0. The molecule has 27 heavy (non-hydrogen) atoms. The lowest BCUT2D eigenvalue weighted by Gasteiger charge is -2.40. The highest BCUT2D eigenvalue weighted by Crippen LogP contribution is 2.42. The van der Waals surface area contributed by atoms with Gasteiger partial charge in [0.25, 0.3) is 5.91 Å². The summed E-state index contributed by atoms with van der Waals surface area (Å²) >= 11 is 0. The van der Waals surface area contributed by atoms with Gasteiger partial charge in [0, 0.05) is 25.8 Å². The number of aliphatic hydroxyl groups is 1. The summed E-state index contributed by atoms with van der Waals surface area (Å²) in [4.78, 5) is 24.7. The Bertz CT molecular complexity index is 575. The SMILES string of the molecule is C=CCCCCC(=O)OC1C[C@](O)(C(=O)NCC=C)C[C@H]2OC(C)(C)O[C@@H]12. The maximum Gasteiger partial charge on any atom is 0.306 e. The zero-order valence-corrected chi connectivity index (χ0v) is 16.2. The Balaban J connectivity index is 2.07. The topological polar surface area (TPSA) is 94.1 Å². The molecule has 7 nitrogen and oxygen atoms in total. The molecule has 1 saturated carbocycles. The lowest BCUT2D eigenvalue weighted by molar-refractivity contribution is -0.180. The minimum atomic E-state index is -1.69. The molecule has 1 unspecified atom stereocenters. The number of esters is 1. The number of ether oxygens (including phenoxy) is 3. The summed E-state index contributed by atoms with van der Waals surface area (Å²) in [5.41, 5.74) is -1.69. The number of nitrogens with one attached hydrogen (secondary N) is 1. The number of carbonyl (C=O) groups is 2. The molecule has 1 amide bonds. The number of hydrogen-bond donors (Lipinski definition) is 2. The highest BCUT2D eigenvalue weighted by Gasteiger charge is 2.57. The lowest BCUT2D eigenvalue weighted by Crippen LogP contribution is -2.59. The van der Waals surface area contributed by atoms with Crippen LogP contribution in [0.4, 0.5) is 0 Å². The van der Waals surface area contributed by atoms with E-state index in [9.17, 15) is 14.7 Å². The fraction of sp³-hybridized carbons (Fsp3) is 0.700. The minimum absolute atomic E-state index is 0.0328. The standard InChI is InChI=1S/C20H31NO6/c1-5-7-8-9-10-16(22)25-14-12-20(24,18(23)21-11-6-2)13-15-17(14)27-19(3,4)26-15/h5-6,14-15,17,24H,1-2,7-13H2,3-4H3,(H,21,23)/t14?,15-,17+,20-/m1/s1. The number of rotatable bonds is 9. The van der Waals surface area contributed by atoms with E-state index in [1.54, 1.807) is 13.8 Å². The van der Waals surface area contributed by atoms with Crippen molar-refractivity contribution < 1.29 is 28.9 Å². The fourth-order valence-electron chi connectivity index (χ4n) is 3.61. The highest BCUT2D eigenvalue weighted by molar-refractivity contribution is 5.85. The molecule has 1 heterocycles. The van der Waals surface area contributed by atoms with Crippen LogP contribution in [0.15, 0.2) is 25.3 Å². The first-order valence-corrected chi connectivity index (χ1v) is 9.48. The molecular weight excluding hydrogens is 350 g/mol. The Morgan fingerprint density at radius 2 is 1.96 bits per heavy atom. The molecule has 0 bridgehead atoms. The molecule has 0 aromatic rings. The third-order valence-corrected chi connectivity index (χ3v) is 4.82. The number of fused-ring (bicyclic) bond motifs is 1. The molecule has 0 aromatic heterocycles. The molecule has 2 aliphatic rings. The summed E-state index contributed by atoms with van der Waals surface area (Å²) in [7, 11) is 0. The van der Waals surface area contributed by atoms with Gasteiger partial charge in [-0.2, -0.15) is 0 Å². The van der Waals surface area contributed by atoms with Crippen LogP contribution in [0.1, 0.15) is 52.4 Å². The van der Waals surface area contributed by atoms with Crippen molar-refractivity contribution in [3.8, 4) is 0 Å². The third-order valence-electron chi connectivity index (χ3n) is 4.82. The van der Waals surface area contributed by atoms with Gasteiger partial charge in [-0.05, 0) is 33.1 Å². The molecule has 7 heteroatoms. The van der Waals surface area contributed by atoms with Gasteiger partial charge in [0.05, 0.1) is 6.10 Å². The van der Waals surface area contributed by atoms with Crippen molar-refractivity contribution in [3.05, 3.63) is 25.3 Å². The van der Waals surface area contributed by atoms with Gasteiger partial charge in [-0.25, -0.2) is 0 Å². The van der Waals surface area contributed by atoms with Crippen LogP contribution < -0.4 is 5.32 Å². The molecule has 2 rings (SSSR count). The average Bonchev–Trinajstić information content (AvgIpc) is 2.90. The molecule has 1 aliphatic carbocycles. The minimum Gasteiger partial charge on any atom is -0.459 e. The maximum absolute atomic E-state index is 12.4. The first kappa shape index (κ1) is 21.6. The Kier molecular flexibility index (Phi) is 7.19. The smallest absolute Gasteiger partial charge is 0.306 e. The number of hydrogen-bond acceptors (Lipinski definition) is 6. The van der Waals surface area contributed by atoms with Crippen LogP contribution in [0, 0.1) is 0 Å². The van der Waals surface area contributed by atoms with Crippen molar-refractivity contribution in [1.82, 2.24) is 5.32 Å². The van der Waals surface area contributed by atoms with Crippen LogP contribution in [0.5, 0.6) is 0 Å². The van der Waals surface area contributed by atoms with Crippen molar-refractivity contribution in [2.45, 2.75) is 82.1 Å². The zero-order valence-electron chi connectivity index (χ0n) is 16.2. The Morgan fingerprint density at radius 3 is 2.63 bits per heavy atom. The normalized spacial score (nSPS) is 31.6. The van der Waals surface area contributed by atoms with Crippen molar-refractivity contribution >= 4 is 11.9 Å². The first-order valence-electron chi connectivity index (χ1n) is 9.48. The summed E-state index contributed by atoms with van der Waals surface area (Å²) in [6, 6.07) is 0. The van der Waals surface area contributed by atoms with Gasteiger partial charge in [-0.1, -0.05) is 12.2 Å². The Labute approximate surface area is 160 Å². The Hall–Kier alpha value is -1.70. The summed E-state index contributed by atoms with van der Waals surface area (Å²) < 4.78 is 17.3. The summed E-state index contributed by atoms with van der Waals surface area (Å²) in [5.74, 6) is -1.76. The number of amides is 1. The van der Waals surface area contributed by atoms with Gasteiger partial charge < -0.3 is 24.6 Å². The second kappa shape index (κ2) is 8.99. The molecule has 0 spiro atoms. The number of allylic oxidation sites excluding steroid dienone is 1. The number of carbonyl (C=O) groups excluding carboxylic acids is 2. The second-order valence-corrected chi connectivity index (χ2v) is 7.64. The molecule has 1 aliphatic heterocycles. The maximum atomic E-state index is 12.4. The molecule has 152 valence electrons. The average molecular weight is 381 g/mol. The van der Waals surface area contributed by atoms with Crippen molar-refractivity contribution in [3.63, 3.8) is 0 Å². The van der Waals surface area contributed by atoms with E-state index in [1.165, 1.54) is 6.08 Å². The Morgan fingerprint density at radius 1 is 1.22 bits per heavy atom. The molecule has 2 fully saturated rings. The summed E-state index contributed by atoms with van der Waals surface area (Å²) in [5, 5.41) is 13.5. The van der Waals surface area contributed by atoms with Crippen molar-refractivity contribution in [2.24, 2.45) is 0 Å². The van der Waals surface area contributed by atoms with Gasteiger partial charge >= 0.3 is 5.97 Å². The van der Waals surface area contributed by atoms with Crippen LogP contribution >= 0.6 is 0 Å². The van der Waals surface area contributed by atoms with E-state index in [0.717, 1.165) is 12.8 Å².